The second-order valence-electron chi connectivity index (χ2n) is 7.21. The molecule has 1 heterocycles. The molecule has 8 nitrogen and oxygen atoms in total. The number of urea groups is 1. The minimum absolute atomic E-state index is 0.152. The Bertz CT molecular complexity index is 1010. The van der Waals surface area contributed by atoms with Gasteiger partial charge in [0.1, 0.15) is 24.4 Å². The molecule has 0 bridgehead atoms. The molecule has 0 aromatic heterocycles. The molecule has 1 aliphatic rings. The molecule has 3 rings (SSSR count). The van der Waals surface area contributed by atoms with Crippen molar-refractivity contribution < 1.29 is 28.3 Å². The molecule has 0 spiro atoms. The highest BCUT2D eigenvalue weighted by Gasteiger charge is 2.51. The lowest BCUT2D eigenvalue weighted by Crippen LogP contribution is -2.46. The Hall–Kier alpha value is -3.75. The molecule has 1 aliphatic heterocycles. The fourth-order valence-electron chi connectivity index (χ4n) is 3.63. The number of carbonyl (C=O) groups excluding carboxylic acids is 4. The van der Waals surface area contributed by atoms with E-state index in [-0.39, 0.29) is 19.6 Å². The Morgan fingerprint density at radius 1 is 1.06 bits per heavy atom. The molecule has 2 aromatic rings. The van der Waals surface area contributed by atoms with Crippen LogP contribution < -0.4 is 10.2 Å². The lowest BCUT2D eigenvalue weighted by molar-refractivity contribution is -0.142. The standard InChI is InChI=1S/C23H24FN3O5/c1-3-23(16-10-12-17(24)13-11-16)21(30)27(22(31)25-23)14-19(28)26(15-20(29)32-4-2)18-8-6-5-7-9-18/h5-13H,3-4,14-15H2,1-2H3,(H,25,31). The van der Waals surface area contributed by atoms with Crippen molar-refractivity contribution in [3.05, 3.63) is 66.0 Å². The van der Waals surface area contributed by atoms with Gasteiger partial charge in [0.25, 0.3) is 5.91 Å². The number of anilines is 1. The van der Waals surface area contributed by atoms with Crippen LogP contribution in [0.2, 0.25) is 0 Å². The van der Waals surface area contributed by atoms with Gasteiger partial charge in [0, 0.05) is 5.69 Å². The summed E-state index contributed by atoms with van der Waals surface area (Å²) < 4.78 is 18.3. The summed E-state index contributed by atoms with van der Waals surface area (Å²) in [6, 6.07) is 13.0. The molecule has 1 unspecified atom stereocenters. The van der Waals surface area contributed by atoms with Gasteiger partial charge in [-0.25, -0.2) is 9.18 Å². The molecule has 0 radical (unpaired) electrons. The average Bonchev–Trinajstić information content (AvgIpc) is 3.03. The average molecular weight is 441 g/mol. The Morgan fingerprint density at radius 3 is 2.31 bits per heavy atom. The number of ether oxygens (including phenoxy) is 1. The third-order valence-corrected chi connectivity index (χ3v) is 5.30. The molecule has 1 fully saturated rings. The summed E-state index contributed by atoms with van der Waals surface area (Å²) >= 11 is 0. The van der Waals surface area contributed by atoms with Crippen LogP contribution in [0.4, 0.5) is 14.9 Å². The van der Waals surface area contributed by atoms with Gasteiger partial charge in [-0.15, -0.1) is 0 Å². The molecule has 168 valence electrons. The third kappa shape index (κ3) is 4.46. The van der Waals surface area contributed by atoms with Crippen LogP contribution in [0.1, 0.15) is 25.8 Å². The van der Waals surface area contributed by atoms with Crippen LogP contribution in [0.3, 0.4) is 0 Å². The van der Waals surface area contributed by atoms with Crippen LogP contribution in [0.15, 0.2) is 54.6 Å². The Labute approximate surface area is 184 Å². The summed E-state index contributed by atoms with van der Waals surface area (Å²) in [6.07, 6.45) is 0.207. The van der Waals surface area contributed by atoms with Crippen molar-refractivity contribution in [1.29, 1.82) is 0 Å². The zero-order valence-electron chi connectivity index (χ0n) is 17.8. The van der Waals surface area contributed by atoms with E-state index in [1.54, 1.807) is 44.2 Å². The summed E-state index contributed by atoms with van der Waals surface area (Å²) in [4.78, 5) is 53.1. The highest BCUT2D eigenvalue weighted by molar-refractivity contribution is 6.11. The minimum atomic E-state index is -1.40. The summed E-state index contributed by atoms with van der Waals surface area (Å²) in [5.41, 5.74) is -0.553. The van der Waals surface area contributed by atoms with Crippen molar-refractivity contribution in [2.24, 2.45) is 0 Å². The van der Waals surface area contributed by atoms with E-state index in [0.717, 1.165) is 4.90 Å². The maximum absolute atomic E-state index is 13.4. The van der Waals surface area contributed by atoms with Crippen LogP contribution in [0, 0.1) is 5.82 Å². The van der Waals surface area contributed by atoms with Crippen molar-refractivity contribution in [2.75, 3.05) is 24.6 Å². The van der Waals surface area contributed by atoms with Gasteiger partial charge < -0.3 is 10.1 Å². The quantitative estimate of drug-likeness (QED) is 0.502. The van der Waals surface area contributed by atoms with E-state index in [4.69, 9.17) is 4.74 Å². The van der Waals surface area contributed by atoms with Crippen molar-refractivity contribution in [3.63, 3.8) is 0 Å². The fourth-order valence-corrected chi connectivity index (χ4v) is 3.63. The SMILES string of the molecule is CCOC(=O)CN(C(=O)CN1C(=O)NC(CC)(c2ccc(F)cc2)C1=O)c1ccccc1. The molecule has 4 amide bonds. The molecule has 2 aromatic carbocycles. The number of amides is 4. The van der Waals surface area contributed by atoms with Crippen molar-refractivity contribution in [2.45, 2.75) is 25.8 Å². The monoisotopic (exact) mass is 441 g/mol. The van der Waals surface area contributed by atoms with Gasteiger partial charge in [-0.1, -0.05) is 37.3 Å². The number of benzene rings is 2. The number of para-hydroxylation sites is 1. The number of carbonyl (C=O) groups is 4. The van der Waals surface area contributed by atoms with E-state index in [0.29, 0.717) is 11.3 Å². The van der Waals surface area contributed by atoms with Gasteiger partial charge >= 0.3 is 12.0 Å². The first-order chi connectivity index (χ1) is 15.3. The Balaban J connectivity index is 1.86. The van der Waals surface area contributed by atoms with E-state index in [2.05, 4.69) is 5.32 Å². The third-order valence-electron chi connectivity index (χ3n) is 5.30. The summed E-state index contributed by atoms with van der Waals surface area (Å²) in [5.74, 6) is -2.33. The van der Waals surface area contributed by atoms with E-state index in [1.165, 1.54) is 29.2 Å². The predicted octanol–water partition coefficient (Wildman–Crippen LogP) is 2.58. The van der Waals surface area contributed by atoms with Gasteiger partial charge in [-0.2, -0.15) is 0 Å². The predicted molar refractivity (Wildman–Crippen MR) is 114 cm³/mol. The minimum Gasteiger partial charge on any atom is -0.465 e. The maximum Gasteiger partial charge on any atom is 0.326 e. The summed E-state index contributed by atoms with van der Waals surface area (Å²) in [7, 11) is 0. The van der Waals surface area contributed by atoms with Crippen LogP contribution in [0.5, 0.6) is 0 Å². The number of imide groups is 1. The van der Waals surface area contributed by atoms with Gasteiger partial charge in [0.15, 0.2) is 0 Å². The van der Waals surface area contributed by atoms with Crippen LogP contribution >= 0.6 is 0 Å². The zero-order valence-corrected chi connectivity index (χ0v) is 17.8. The van der Waals surface area contributed by atoms with Gasteiger partial charge in [-0.3, -0.25) is 24.2 Å². The number of esters is 1. The van der Waals surface area contributed by atoms with Crippen LogP contribution in [-0.2, 0) is 24.7 Å². The smallest absolute Gasteiger partial charge is 0.326 e. The lowest BCUT2D eigenvalue weighted by Gasteiger charge is -2.26. The molecular weight excluding hydrogens is 417 g/mol. The molecule has 1 saturated heterocycles. The molecule has 0 saturated carbocycles. The van der Waals surface area contributed by atoms with Gasteiger partial charge in [0.2, 0.25) is 5.91 Å². The first-order valence-corrected chi connectivity index (χ1v) is 10.2. The highest BCUT2D eigenvalue weighted by Crippen LogP contribution is 2.32. The molecule has 9 heteroatoms. The number of hydrogen-bond donors (Lipinski definition) is 1. The zero-order chi connectivity index (χ0) is 23.3. The van der Waals surface area contributed by atoms with E-state index in [1.807, 2.05) is 0 Å². The largest absolute Gasteiger partial charge is 0.465 e. The van der Waals surface area contributed by atoms with E-state index < -0.39 is 41.7 Å². The molecule has 32 heavy (non-hydrogen) atoms. The molecule has 0 aliphatic carbocycles. The number of rotatable bonds is 8. The van der Waals surface area contributed by atoms with Gasteiger partial charge in [0.05, 0.1) is 6.61 Å². The molecular formula is C23H24FN3O5. The molecule has 1 atom stereocenters. The van der Waals surface area contributed by atoms with Crippen LogP contribution in [0.25, 0.3) is 0 Å². The second-order valence-corrected chi connectivity index (χ2v) is 7.21. The topological polar surface area (TPSA) is 96.0 Å². The Morgan fingerprint density at radius 2 is 1.72 bits per heavy atom. The van der Waals surface area contributed by atoms with Crippen molar-refractivity contribution in [3.8, 4) is 0 Å². The number of hydrogen-bond acceptors (Lipinski definition) is 5. The number of nitrogens with zero attached hydrogens (tertiary/aromatic N) is 2. The van der Waals surface area contributed by atoms with Crippen molar-refractivity contribution in [1.82, 2.24) is 10.2 Å². The Kier molecular flexibility index (Phi) is 6.87. The summed E-state index contributed by atoms with van der Waals surface area (Å²) in [6.45, 7) is 2.59. The van der Waals surface area contributed by atoms with Gasteiger partial charge in [-0.05, 0) is 43.2 Å². The number of halogens is 1. The maximum atomic E-state index is 13.4. The van der Waals surface area contributed by atoms with E-state index in [9.17, 15) is 23.6 Å². The van der Waals surface area contributed by atoms with E-state index >= 15 is 0 Å². The second kappa shape index (κ2) is 9.59. The summed E-state index contributed by atoms with van der Waals surface area (Å²) in [5, 5.41) is 2.65. The fraction of sp³-hybridized carbons (Fsp3) is 0.304. The lowest BCUT2D eigenvalue weighted by atomic mass is 9.87. The highest BCUT2D eigenvalue weighted by atomic mass is 19.1. The number of nitrogens with one attached hydrogen (secondary N) is 1. The normalized spacial score (nSPS) is 17.8. The van der Waals surface area contributed by atoms with Crippen molar-refractivity contribution >= 4 is 29.5 Å². The molecule has 1 N–H and O–H groups in total. The van der Waals surface area contributed by atoms with Crippen LogP contribution in [-0.4, -0.2) is 48.4 Å². The first-order valence-electron chi connectivity index (χ1n) is 10.2. The first kappa shape index (κ1) is 22.9.